The first-order chi connectivity index (χ1) is 9.58. The van der Waals surface area contributed by atoms with E-state index in [0.717, 1.165) is 30.8 Å². The first kappa shape index (κ1) is 13.3. The number of aromatic carboxylic acids is 1. The Bertz CT molecular complexity index is 728. The minimum atomic E-state index is -1.02. The predicted molar refractivity (Wildman–Crippen MR) is 74.6 cm³/mol. The van der Waals surface area contributed by atoms with Crippen LogP contribution in [0.4, 0.5) is 0 Å². The highest BCUT2D eigenvalue weighted by Gasteiger charge is 2.21. The molecule has 3 rings (SSSR count). The number of hydrogen-bond acceptors (Lipinski definition) is 5. The van der Waals surface area contributed by atoms with E-state index in [-0.39, 0.29) is 16.5 Å². The first-order valence-corrected chi connectivity index (χ1v) is 7.23. The number of carboxylic acid groups (broad SMARTS) is 1. The Hall–Kier alpha value is -1.73. The van der Waals surface area contributed by atoms with Gasteiger partial charge in [0.05, 0.1) is 24.4 Å². The maximum Gasteiger partial charge on any atom is 0.346 e. The van der Waals surface area contributed by atoms with Crippen molar-refractivity contribution in [2.45, 2.75) is 32.4 Å². The lowest BCUT2D eigenvalue weighted by atomic mass is 10.2. The molecule has 106 valence electrons. The zero-order valence-corrected chi connectivity index (χ0v) is 11.8. The average molecular weight is 294 g/mol. The van der Waals surface area contributed by atoms with Crippen molar-refractivity contribution in [1.82, 2.24) is 9.55 Å². The van der Waals surface area contributed by atoms with Crippen molar-refractivity contribution in [2.24, 2.45) is 0 Å². The van der Waals surface area contributed by atoms with Crippen LogP contribution in [0.1, 0.15) is 28.1 Å². The van der Waals surface area contributed by atoms with Crippen molar-refractivity contribution in [3.05, 3.63) is 27.1 Å². The van der Waals surface area contributed by atoms with E-state index in [1.54, 1.807) is 6.92 Å². The molecule has 3 heterocycles. The Morgan fingerprint density at radius 2 is 2.45 bits per heavy atom. The lowest BCUT2D eigenvalue weighted by Crippen LogP contribution is -2.26. The summed E-state index contributed by atoms with van der Waals surface area (Å²) in [6.07, 6.45) is 3.47. The van der Waals surface area contributed by atoms with Gasteiger partial charge in [0.1, 0.15) is 9.71 Å². The van der Waals surface area contributed by atoms with Crippen LogP contribution in [0.2, 0.25) is 0 Å². The summed E-state index contributed by atoms with van der Waals surface area (Å²) in [6, 6.07) is 0. The number of hydrogen-bond donors (Lipinski definition) is 1. The van der Waals surface area contributed by atoms with Gasteiger partial charge in [0.25, 0.3) is 5.56 Å². The molecule has 0 amide bonds. The Balaban J connectivity index is 2.07. The highest BCUT2D eigenvalue weighted by molar-refractivity contribution is 7.20. The summed E-state index contributed by atoms with van der Waals surface area (Å²) in [6.45, 7) is 2.86. The summed E-state index contributed by atoms with van der Waals surface area (Å²) in [5, 5.41) is 9.52. The Labute approximate surface area is 118 Å². The molecular formula is C13H14N2O4S. The summed E-state index contributed by atoms with van der Waals surface area (Å²) in [4.78, 5) is 28.4. The number of ether oxygens (including phenoxy) is 1. The van der Waals surface area contributed by atoms with Gasteiger partial charge in [0.15, 0.2) is 0 Å². The predicted octanol–water partition coefficient (Wildman–Crippen LogP) is 1.64. The molecule has 0 spiro atoms. The van der Waals surface area contributed by atoms with E-state index in [0.29, 0.717) is 22.3 Å². The van der Waals surface area contributed by atoms with Gasteiger partial charge >= 0.3 is 5.97 Å². The van der Waals surface area contributed by atoms with Gasteiger partial charge < -0.3 is 9.84 Å². The fourth-order valence-electron chi connectivity index (χ4n) is 2.50. The average Bonchev–Trinajstić information content (AvgIpc) is 3.01. The van der Waals surface area contributed by atoms with Gasteiger partial charge in [0.2, 0.25) is 0 Å². The van der Waals surface area contributed by atoms with Crippen molar-refractivity contribution in [2.75, 3.05) is 6.61 Å². The van der Waals surface area contributed by atoms with Crippen LogP contribution >= 0.6 is 11.3 Å². The van der Waals surface area contributed by atoms with Gasteiger partial charge in [-0.05, 0) is 25.3 Å². The second-order valence-corrected chi connectivity index (χ2v) is 5.88. The van der Waals surface area contributed by atoms with Crippen molar-refractivity contribution >= 4 is 27.5 Å². The fourth-order valence-corrected chi connectivity index (χ4v) is 3.48. The van der Waals surface area contributed by atoms with Gasteiger partial charge in [-0.15, -0.1) is 11.3 Å². The molecule has 1 fully saturated rings. The SMILES string of the molecule is Cc1c(C(=O)O)sc2ncn(C[C@H]3CCCO3)c(=O)c12. The normalized spacial score (nSPS) is 18.8. The van der Waals surface area contributed by atoms with Crippen LogP contribution in [0.15, 0.2) is 11.1 Å². The number of fused-ring (bicyclic) bond motifs is 1. The number of carboxylic acids is 1. The molecule has 2 aromatic heterocycles. The van der Waals surface area contributed by atoms with Crippen LogP contribution in [-0.2, 0) is 11.3 Å². The van der Waals surface area contributed by atoms with E-state index in [1.807, 2.05) is 0 Å². The number of rotatable bonds is 3. The summed E-state index contributed by atoms with van der Waals surface area (Å²) < 4.78 is 7.04. The second kappa shape index (κ2) is 4.99. The zero-order chi connectivity index (χ0) is 14.3. The monoisotopic (exact) mass is 294 g/mol. The maximum atomic E-state index is 12.5. The summed E-state index contributed by atoms with van der Waals surface area (Å²) in [5.74, 6) is -1.02. The summed E-state index contributed by atoms with van der Waals surface area (Å²) in [5.41, 5.74) is 0.309. The molecule has 1 aliphatic heterocycles. The van der Waals surface area contributed by atoms with Crippen molar-refractivity contribution in [1.29, 1.82) is 0 Å². The highest BCUT2D eigenvalue weighted by atomic mass is 32.1. The van der Waals surface area contributed by atoms with Crippen LogP contribution in [-0.4, -0.2) is 33.3 Å². The molecular weight excluding hydrogens is 280 g/mol. The largest absolute Gasteiger partial charge is 0.477 e. The molecule has 0 aromatic carbocycles. The smallest absolute Gasteiger partial charge is 0.346 e. The van der Waals surface area contributed by atoms with Crippen LogP contribution < -0.4 is 5.56 Å². The Morgan fingerprint density at radius 1 is 1.65 bits per heavy atom. The van der Waals surface area contributed by atoms with Crippen molar-refractivity contribution < 1.29 is 14.6 Å². The fraction of sp³-hybridized carbons (Fsp3) is 0.462. The Morgan fingerprint density at radius 3 is 3.10 bits per heavy atom. The van der Waals surface area contributed by atoms with Gasteiger partial charge in [-0.1, -0.05) is 0 Å². The molecule has 7 heteroatoms. The molecule has 1 N–H and O–H groups in total. The minimum Gasteiger partial charge on any atom is -0.477 e. The lowest BCUT2D eigenvalue weighted by Gasteiger charge is -2.11. The van der Waals surface area contributed by atoms with Crippen LogP contribution in [0.3, 0.4) is 0 Å². The van der Waals surface area contributed by atoms with E-state index in [2.05, 4.69) is 4.98 Å². The third-order valence-electron chi connectivity index (χ3n) is 3.54. The maximum absolute atomic E-state index is 12.5. The zero-order valence-electron chi connectivity index (χ0n) is 11.0. The van der Waals surface area contributed by atoms with Crippen molar-refractivity contribution in [3.8, 4) is 0 Å². The number of nitrogens with zero attached hydrogens (tertiary/aromatic N) is 2. The lowest BCUT2D eigenvalue weighted by molar-refractivity contribution is 0.0701. The highest BCUT2D eigenvalue weighted by Crippen LogP contribution is 2.26. The van der Waals surface area contributed by atoms with E-state index in [1.165, 1.54) is 10.9 Å². The molecule has 20 heavy (non-hydrogen) atoms. The third-order valence-corrected chi connectivity index (χ3v) is 4.72. The summed E-state index contributed by atoms with van der Waals surface area (Å²) in [7, 11) is 0. The van der Waals surface area contributed by atoms with Crippen LogP contribution in [0, 0.1) is 6.92 Å². The molecule has 1 aliphatic rings. The molecule has 0 radical (unpaired) electrons. The number of aromatic nitrogens is 2. The van der Waals surface area contributed by atoms with Crippen LogP contribution in [0.25, 0.3) is 10.2 Å². The Kier molecular flexibility index (Phi) is 3.31. The van der Waals surface area contributed by atoms with E-state index >= 15 is 0 Å². The van der Waals surface area contributed by atoms with E-state index in [9.17, 15) is 9.59 Å². The van der Waals surface area contributed by atoms with Crippen molar-refractivity contribution in [3.63, 3.8) is 0 Å². The number of thiophene rings is 1. The minimum absolute atomic E-state index is 0.0461. The standard InChI is InChI=1S/C13H14N2O4S/c1-7-9-11(20-10(7)13(17)18)14-6-15(12(9)16)5-8-3-2-4-19-8/h6,8H,2-5H2,1H3,(H,17,18)/t8-/m1/s1. The molecule has 6 nitrogen and oxygen atoms in total. The van der Waals surface area contributed by atoms with E-state index in [4.69, 9.17) is 9.84 Å². The molecule has 0 saturated carbocycles. The second-order valence-electron chi connectivity index (χ2n) is 4.88. The molecule has 0 aliphatic carbocycles. The van der Waals surface area contributed by atoms with Gasteiger partial charge in [0, 0.05) is 6.61 Å². The van der Waals surface area contributed by atoms with Gasteiger partial charge in [-0.3, -0.25) is 9.36 Å². The third kappa shape index (κ3) is 2.12. The topological polar surface area (TPSA) is 81.4 Å². The number of carbonyl (C=O) groups is 1. The summed E-state index contributed by atoms with van der Waals surface area (Å²) >= 11 is 1.04. The quantitative estimate of drug-likeness (QED) is 0.930. The van der Waals surface area contributed by atoms with Gasteiger partial charge in [-0.25, -0.2) is 9.78 Å². The molecule has 1 atom stereocenters. The first-order valence-electron chi connectivity index (χ1n) is 6.41. The number of aryl methyl sites for hydroxylation is 1. The van der Waals surface area contributed by atoms with Crippen LogP contribution in [0.5, 0.6) is 0 Å². The molecule has 1 saturated heterocycles. The molecule has 0 unspecified atom stereocenters. The van der Waals surface area contributed by atoms with E-state index < -0.39 is 5.97 Å². The molecule has 0 bridgehead atoms. The van der Waals surface area contributed by atoms with Gasteiger partial charge in [-0.2, -0.15) is 0 Å². The molecule has 2 aromatic rings.